The third-order valence-corrected chi connectivity index (χ3v) is 3.84. The van der Waals surface area contributed by atoms with Gasteiger partial charge in [0.15, 0.2) is 6.61 Å². The van der Waals surface area contributed by atoms with Crippen molar-refractivity contribution < 1.29 is 18.7 Å². The Morgan fingerprint density at radius 2 is 1.59 bits per heavy atom. The maximum atomic E-state index is 13.7. The molecule has 138 valence electrons. The molecule has 0 aliphatic carbocycles. The van der Waals surface area contributed by atoms with Gasteiger partial charge >= 0.3 is 0 Å². The van der Waals surface area contributed by atoms with Crippen molar-refractivity contribution in [3.05, 3.63) is 89.7 Å². The highest BCUT2D eigenvalue weighted by atomic mass is 19.1. The molecule has 0 unspecified atom stereocenters. The summed E-state index contributed by atoms with van der Waals surface area (Å²) >= 11 is 0. The van der Waals surface area contributed by atoms with E-state index in [4.69, 9.17) is 9.47 Å². The smallest absolute Gasteiger partial charge is 0.262 e. The predicted molar refractivity (Wildman–Crippen MR) is 102 cm³/mol. The number of aryl methyl sites for hydroxylation is 1. The highest BCUT2D eigenvalue weighted by Gasteiger charge is 2.08. The molecule has 0 spiro atoms. The van der Waals surface area contributed by atoms with Gasteiger partial charge in [0.25, 0.3) is 5.91 Å². The van der Waals surface area contributed by atoms with Crippen molar-refractivity contribution in [1.29, 1.82) is 0 Å². The Bertz CT molecular complexity index is 895. The molecule has 0 aromatic heterocycles. The van der Waals surface area contributed by atoms with E-state index in [1.54, 1.807) is 37.3 Å². The third-order valence-electron chi connectivity index (χ3n) is 3.84. The van der Waals surface area contributed by atoms with Crippen LogP contribution in [0.3, 0.4) is 0 Å². The van der Waals surface area contributed by atoms with E-state index < -0.39 is 11.7 Å². The van der Waals surface area contributed by atoms with E-state index in [2.05, 4.69) is 5.32 Å². The number of ether oxygens (including phenoxy) is 2. The zero-order valence-electron chi connectivity index (χ0n) is 14.9. The summed E-state index contributed by atoms with van der Waals surface area (Å²) in [5.74, 6) is 0.337. The van der Waals surface area contributed by atoms with Crippen molar-refractivity contribution >= 4 is 11.6 Å². The van der Waals surface area contributed by atoms with Crippen LogP contribution in [0.5, 0.6) is 11.5 Å². The Balaban J connectivity index is 1.47. The molecular formula is C22H20FNO3. The number of anilines is 1. The maximum Gasteiger partial charge on any atom is 0.262 e. The summed E-state index contributed by atoms with van der Waals surface area (Å²) < 4.78 is 24.9. The molecule has 0 radical (unpaired) electrons. The number of amides is 1. The molecule has 0 saturated carbocycles. The molecule has 0 fully saturated rings. The molecule has 0 atom stereocenters. The average molecular weight is 365 g/mol. The Hall–Kier alpha value is -3.34. The van der Waals surface area contributed by atoms with Crippen LogP contribution < -0.4 is 14.8 Å². The molecule has 27 heavy (non-hydrogen) atoms. The first kappa shape index (κ1) is 18.5. The summed E-state index contributed by atoms with van der Waals surface area (Å²) in [6.07, 6.45) is 0. The lowest BCUT2D eigenvalue weighted by Gasteiger charge is -2.10. The van der Waals surface area contributed by atoms with Gasteiger partial charge in [0, 0.05) is 0 Å². The number of halogens is 1. The van der Waals surface area contributed by atoms with Crippen LogP contribution in [0.1, 0.15) is 11.1 Å². The second-order valence-corrected chi connectivity index (χ2v) is 6.07. The van der Waals surface area contributed by atoms with Crippen LogP contribution in [0.4, 0.5) is 10.1 Å². The summed E-state index contributed by atoms with van der Waals surface area (Å²) in [6, 6.07) is 21.5. The van der Waals surface area contributed by atoms with Gasteiger partial charge in [0.05, 0.1) is 5.69 Å². The Morgan fingerprint density at radius 1 is 0.926 bits per heavy atom. The lowest BCUT2D eigenvalue weighted by Crippen LogP contribution is -2.20. The molecule has 0 aliphatic rings. The highest BCUT2D eigenvalue weighted by Crippen LogP contribution is 2.19. The minimum atomic E-state index is -0.469. The van der Waals surface area contributed by atoms with Gasteiger partial charge in [0.2, 0.25) is 0 Å². The minimum absolute atomic E-state index is 0.138. The first-order valence-corrected chi connectivity index (χ1v) is 8.56. The Labute approximate surface area is 157 Å². The fourth-order valence-electron chi connectivity index (χ4n) is 2.43. The standard InChI is InChI=1S/C22H20FNO3/c1-16-7-12-21(20(23)13-16)24-22(25)15-27-19-10-8-18(9-11-19)26-14-17-5-3-2-4-6-17/h2-13H,14-15H2,1H3,(H,24,25). The molecule has 0 aliphatic heterocycles. The first-order chi connectivity index (χ1) is 13.1. The Kier molecular flexibility index (Phi) is 6.05. The van der Waals surface area contributed by atoms with Crippen molar-refractivity contribution in [2.75, 3.05) is 11.9 Å². The van der Waals surface area contributed by atoms with Gasteiger partial charge in [-0.05, 0) is 54.4 Å². The normalized spacial score (nSPS) is 10.3. The van der Waals surface area contributed by atoms with Gasteiger partial charge in [-0.2, -0.15) is 0 Å². The van der Waals surface area contributed by atoms with Gasteiger partial charge in [-0.15, -0.1) is 0 Å². The van der Waals surface area contributed by atoms with E-state index >= 15 is 0 Å². The predicted octanol–water partition coefficient (Wildman–Crippen LogP) is 4.73. The quantitative estimate of drug-likeness (QED) is 0.658. The topological polar surface area (TPSA) is 47.6 Å². The molecule has 0 bridgehead atoms. The van der Waals surface area contributed by atoms with Crippen molar-refractivity contribution in [3.8, 4) is 11.5 Å². The Morgan fingerprint density at radius 3 is 2.26 bits per heavy atom. The fraction of sp³-hybridized carbons (Fsp3) is 0.136. The summed E-state index contributed by atoms with van der Waals surface area (Å²) in [5.41, 5.74) is 2.01. The number of nitrogens with one attached hydrogen (secondary N) is 1. The molecule has 1 N–H and O–H groups in total. The monoisotopic (exact) mass is 365 g/mol. The molecule has 3 aromatic carbocycles. The number of hydrogen-bond acceptors (Lipinski definition) is 3. The number of rotatable bonds is 7. The second kappa shape index (κ2) is 8.85. The zero-order chi connectivity index (χ0) is 19.1. The van der Waals surface area contributed by atoms with E-state index in [1.807, 2.05) is 30.3 Å². The van der Waals surface area contributed by atoms with E-state index in [-0.39, 0.29) is 12.3 Å². The fourth-order valence-corrected chi connectivity index (χ4v) is 2.43. The summed E-state index contributed by atoms with van der Waals surface area (Å²) in [5, 5.41) is 2.49. The second-order valence-electron chi connectivity index (χ2n) is 6.07. The largest absolute Gasteiger partial charge is 0.489 e. The molecule has 1 amide bonds. The van der Waals surface area contributed by atoms with E-state index in [0.29, 0.717) is 18.1 Å². The lowest BCUT2D eigenvalue weighted by molar-refractivity contribution is -0.118. The summed E-state index contributed by atoms with van der Waals surface area (Å²) in [6.45, 7) is 2.05. The SMILES string of the molecule is Cc1ccc(NC(=O)COc2ccc(OCc3ccccc3)cc2)c(F)c1. The third kappa shape index (κ3) is 5.57. The molecular weight excluding hydrogens is 345 g/mol. The van der Waals surface area contributed by atoms with Gasteiger partial charge in [-0.25, -0.2) is 4.39 Å². The highest BCUT2D eigenvalue weighted by molar-refractivity contribution is 5.92. The molecule has 0 heterocycles. The van der Waals surface area contributed by atoms with Gasteiger partial charge in [-0.1, -0.05) is 36.4 Å². The van der Waals surface area contributed by atoms with Crippen molar-refractivity contribution in [2.24, 2.45) is 0 Å². The number of benzene rings is 3. The molecule has 3 aromatic rings. The first-order valence-electron chi connectivity index (χ1n) is 8.56. The van der Waals surface area contributed by atoms with Crippen LogP contribution in [0.2, 0.25) is 0 Å². The molecule has 5 heteroatoms. The molecule has 4 nitrogen and oxygen atoms in total. The zero-order valence-corrected chi connectivity index (χ0v) is 14.9. The van der Waals surface area contributed by atoms with Crippen molar-refractivity contribution in [2.45, 2.75) is 13.5 Å². The summed E-state index contributed by atoms with van der Waals surface area (Å²) in [7, 11) is 0. The van der Waals surface area contributed by atoms with E-state index in [0.717, 1.165) is 11.1 Å². The van der Waals surface area contributed by atoms with Crippen LogP contribution in [0, 0.1) is 12.7 Å². The van der Waals surface area contributed by atoms with Crippen molar-refractivity contribution in [3.63, 3.8) is 0 Å². The van der Waals surface area contributed by atoms with Gasteiger partial charge < -0.3 is 14.8 Å². The van der Waals surface area contributed by atoms with Crippen LogP contribution in [0.25, 0.3) is 0 Å². The lowest BCUT2D eigenvalue weighted by atomic mass is 10.2. The molecule has 0 saturated heterocycles. The van der Waals surface area contributed by atoms with Crippen LogP contribution in [0.15, 0.2) is 72.8 Å². The minimum Gasteiger partial charge on any atom is -0.489 e. The van der Waals surface area contributed by atoms with Crippen molar-refractivity contribution in [1.82, 2.24) is 0 Å². The number of hydrogen-bond donors (Lipinski definition) is 1. The number of carbonyl (C=O) groups excluding carboxylic acids is 1. The van der Waals surface area contributed by atoms with Crippen LogP contribution in [-0.4, -0.2) is 12.5 Å². The maximum absolute atomic E-state index is 13.7. The van der Waals surface area contributed by atoms with E-state index in [1.165, 1.54) is 12.1 Å². The summed E-state index contributed by atoms with van der Waals surface area (Å²) in [4.78, 5) is 11.9. The van der Waals surface area contributed by atoms with Crippen LogP contribution in [-0.2, 0) is 11.4 Å². The van der Waals surface area contributed by atoms with E-state index in [9.17, 15) is 9.18 Å². The average Bonchev–Trinajstić information content (AvgIpc) is 2.68. The van der Waals surface area contributed by atoms with Gasteiger partial charge in [-0.3, -0.25) is 4.79 Å². The van der Waals surface area contributed by atoms with Crippen LogP contribution >= 0.6 is 0 Å². The molecule has 3 rings (SSSR count). The van der Waals surface area contributed by atoms with Gasteiger partial charge in [0.1, 0.15) is 23.9 Å². The number of carbonyl (C=O) groups is 1.